The Kier molecular flexibility index (Phi) is 4.61. The summed E-state index contributed by atoms with van der Waals surface area (Å²) in [6.45, 7) is 0.108. The predicted molar refractivity (Wildman–Crippen MR) is 72.2 cm³/mol. The lowest BCUT2D eigenvalue weighted by Gasteiger charge is -2.23. The smallest absolute Gasteiger partial charge is 0.410 e. The Hall–Kier alpha value is -0.620. The molecule has 0 unspecified atom stereocenters. The van der Waals surface area contributed by atoms with Crippen LogP contribution in [-0.4, -0.2) is 24.1 Å². The zero-order valence-electron chi connectivity index (χ0n) is 10.1. The van der Waals surface area contributed by atoms with Crippen LogP contribution >= 0.6 is 27.3 Å². The Morgan fingerprint density at radius 3 is 2.83 bits per heavy atom. The standard InChI is InChI=1S/C12H15BrFNO2S/c1-15(9-4-2-3-5-9)12(16)17-7-8-6-10(14)18-11(8)13/h6,9H,2-5,7H2,1H3. The van der Waals surface area contributed by atoms with Crippen molar-refractivity contribution in [2.24, 2.45) is 0 Å². The van der Waals surface area contributed by atoms with E-state index >= 15 is 0 Å². The number of carbonyl (C=O) groups is 1. The fraction of sp³-hybridized carbons (Fsp3) is 0.583. The molecule has 1 aliphatic carbocycles. The van der Waals surface area contributed by atoms with Gasteiger partial charge in [0.15, 0.2) is 5.13 Å². The quantitative estimate of drug-likeness (QED) is 0.829. The van der Waals surface area contributed by atoms with Gasteiger partial charge in [-0.25, -0.2) is 4.79 Å². The zero-order valence-corrected chi connectivity index (χ0v) is 12.5. The number of rotatable bonds is 3. The van der Waals surface area contributed by atoms with Crippen LogP contribution in [0.15, 0.2) is 9.85 Å². The summed E-state index contributed by atoms with van der Waals surface area (Å²) in [5.74, 6) is 0. The molecule has 1 amide bonds. The first kappa shape index (κ1) is 13.8. The summed E-state index contributed by atoms with van der Waals surface area (Å²) in [4.78, 5) is 13.5. The van der Waals surface area contributed by atoms with Crippen LogP contribution in [0.4, 0.5) is 9.18 Å². The molecule has 0 atom stereocenters. The van der Waals surface area contributed by atoms with Crippen LogP contribution in [0.3, 0.4) is 0 Å². The summed E-state index contributed by atoms with van der Waals surface area (Å²) in [6.07, 6.45) is 4.10. The van der Waals surface area contributed by atoms with Crippen molar-refractivity contribution in [3.63, 3.8) is 0 Å². The molecule has 1 aromatic rings. The van der Waals surface area contributed by atoms with Crippen LogP contribution in [0.2, 0.25) is 0 Å². The van der Waals surface area contributed by atoms with Crippen molar-refractivity contribution < 1.29 is 13.9 Å². The van der Waals surface area contributed by atoms with Gasteiger partial charge in [0.2, 0.25) is 0 Å². The van der Waals surface area contributed by atoms with Crippen molar-refractivity contribution in [2.45, 2.75) is 38.3 Å². The minimum Gasteiger partial charge on any atom is -0.444 e. The number of nitrogens with zero attached hydrogens (tertiary/aromatic N) is 1. The molecule has 0 radical (unpaired) electrons. The lowest BCUT2D eigenvalue weighted by molar-refractivity contribution is 0.0917. The lowest BCUT2D eigenvalue weighted by atomic mass is 10.2. The van der Waals surface area contributed by atoms with E-state index in [0.29, 0.717) is 15.4 Å². The first-order valence-corrected chi connectivity index (χ1v) is 7.52. The second-order valence-corrected chi connectivity index (χ2v) is 6.77. The highest BCUT2D eigenvalue weighted by Crippen LogP contribution is 2.28. The number of ether oxygens (including phenoxy) is 1. The van der Waals surface area contributed by atoms with Crippen molar-refractivity contribution in [2.75, 3.05) is 7.05 Å². The van der Waals surface area contributed by atoms with Crippen LogP contribution in [0.5, 0.6) is 0 Å². The first-order valence-electron chi connectivity index (χ1n) is 5.91. The highest BCUT2D eigenvalue weighted by molar-refractivity contribution is 9.11. The molecule has 1 saturated carbocycles. The van der Waals surface area contributed by atoms with Gasteiger partial charge in [-0.3, -0.25) is 0 Å². The van der Waals surface area contributed by atoms with E-state index in [4.69, 9.17) is 4.74 Å². The maximum atomic E-state index is 13.0. The van der Waals surface area contributed by atoms with Crippen molar-refractivity contribution >= 4 is 33.4 Å². The molecule has 3 nitrogen and oxygen atoms in total. The summed E-state index contributed by atoms with van der Waals surface area (Å²) >= 11 is 4.24. The number of carbonyl (C=O) groups excluding carboxylic acids is 1. The van der Waals surface area contributed by atoms with Crippen LogP contribution in [0.1, 0.15) is 31.2 Å². The van der Waals surface area contributed by atoms with Gasteiger partial charge in [0.25, 0.3) is 0 Å². The van der Waals surface area contributed by atoms with Gasteiger partial charge in [-0.15, -0.1) is 0 Å². The third kappa shape index (κ3) is 3.23. The molecule has 0 bridgehead atoms. The van der Waals surface area contributed by atoms with E-state index in [0.717, 1.165) is 24.2 Å². The molecule has 0 aromatic carbocycles. The average molecular weight is 336 g/mol. The molecular formula is C12H15BrFNO2S. The second-order valence-electron chi connectivity index (χ2n) is 4.45. The topological polar surface area (TPSA) is 29.5 Å². The van der Waals surface area contributed by atoms with E-state index in [-0.39, 0.29) is 17.8 Å². The summed E-state index contributed by atoms with van der Waals surface area (Å²) in [5, 5.41) is -0.280. The van der Waals surface area contributed by atoms with E-state index in [1.165, 1.54) is 18.9 Å². The highest BCUT2D eigenvalue weighted by atomic mass is 79.9. The van der Waals surface area contributed by atoms with Crippen LogP contribution in [-0.2, 0) is 11.3 Å². The molecule has 0 spiro atoms. The van der Waals surface area contributed by atoms with E-state index in [9.17, 15) is 9.18 Å². The number of thiophene rings is 1. The Morgan fingerprint density at radius 1 is 1.61 bits per heavy atom. The molecule has 6 heteroatoms. The lowest BCUT2D eigenvalue weighted by Crippen LogP contribution is -2.35. The third-order valence-electron chi connectivity index (χ3n) is 3.24. The molecule has 18 heavy (non-hydrogen) atoms. The van der Waals surface area contributed by atoms with E-state index in [1.807, 2.05) is 0 Å². The van der Waals surface area contributed by atoms with Gasteiger partial charge >= 0.3 is 6.09 Å². The molecule has 1 heterocycles. The first-order chi connectivity index (χ1) is 8.58. The Balaban J connectivity index is 1.85. The normalized spacial score (nSPS) is 15.9. The number of halogens is 2. The van der Waals surface area contributed by atoms with Gasteiger partial charge < -0.3 is 9.64 Å². The fourth-order valence-electron chi connectivity index (χ4n) is 2.15. The molecule has 2 rings (SSSR count). The molecule has 0 saturated heterocycles. The minimum atomic E-state index is -0.333. The molecule has 0 N–H and O–H groups in total. The molecule has 1 aliphatic rings. The SMILES string of the molecule is CN(C(=O)OCc1cc(F)sc1Br)C1CCCC1. The Morgan fingerprint density at radius 2 is 2.28 bits per heavy atom. The van der Waals surface area contributed by atoms with Crippen LogP contribution < -0.4 is 0 Å². The summed E-state index contributed by atoms with van der Waals surface area (Å²) in [6, 6.07) is 1.68. The largest absolute Gasteiger partial charge is 0.444 e. The van der Waals surface area contributed by atoms with E-state index in [2.05, 4.69) is 15.9 Å². The maximum Gasteiger partial charge on any atom is 0.410 e. The second kappa shape index (κ2) is 6.02. The molecule has 0 aliphatic heterocycles. The summed E-state index contributed by atoms with van der Waals surface area (Å²) < 4.78 is 18.8. The zero-order chi connectivity index (χ0) is 13.1. The molecule has 1 fully saturated rings. The van der Waals surface area contributed by atoms with Crippen molar-refractivity contribution in [3.8, 4) is 0 Å². The Labute approximate surface area is 118 Å². The average Bonchev–Trinajstić information content (AvgIpc) is 2.95. The van der Waals surface area contributed by atoms with Crippen LogP contribution in [0, 0.1) is 5.13 Å². The Bertz CT molecular complexity index is 432. The van der Waals surface area contributed by atoms with E-state index in [1.54, 1.807) is 11.9 Å². The number of hydrogen-bond acceptors (Lipinski definition) is 3. The number of hydrogen-bond donors (Lipinski definition) is 0. The maximum absolute atomic E-state index is 13.0. The van der Waals surface area contributed by atoms with Crippen molar-refractivity contribution in [1.29, 1.82) is 0 Å². The van der Waals surface area contributed by atoms with Gasteiger partial charge in [0.1, 0.15) is 6.61 Å². The monoisotopic (exact) mass is 335 g/mol. The van der Waals surface area contributed by atoms with E-state index < -0.39 is 0 Å². The van der Waals surface area contributed by atoms with Gasteiger partial charge in [-0.1, -0.05) is 24.2 Å². The third-order valence-corrected chi connectivity index (χ3v) is 4.99. The minimum absolute atomic E-state index is 0.108. The summed E-state index contributed by atoms with van der Waals surface area (Å²) in [7, 11) is 1.77. The van der Waals surface area contributed by atoms with Crippen molar-refractivity contribution in [1.82, 2.24) is 4.90 Å². The molecule has 1 aromatic heterocycles. The summed E-state index contributed by atoms with van der Waals surface area (Å²) in [5.41, 5.74) is 0.672. The van der Waals surface area contributed by atoms with Crippen molar-refractivity contribution in [3.05, 3.63) is 20.5 Å². The van der Waals surface area contributed by atoms with Gasteiger partial charge in [0, 0.05) is 18.7 Å². The van der Waals surface area contributed by atoms with Gasteiger partial charge in [0.05, 0.1) is 3.79 Å². The number of amides is 1. The van der Waals surface area contributed by atoms with Gasteiger partial charge in [-0.05, 0) is 34.8 Å². The molecular weight excluding hydrogens is 321 g/mol. The van der Waals surface area contributed by atoms with Gasteiger partial charge in [-0.2, -0.15) is 4.39 Å². The highest BCUT2D eigenvalue weighted by Gasteiger charge is 2.24. The fourth-order valence-corrected chi connectivity index (χ4v) is 3.47. The van der Waals surface area contributed by atoms with Crippen LogP contribution in [0.25, 0.3) is 0 Å². The predicted octanol–water partition coefficient (Wildman–Crippen LogP) is 4.16. The molecule has 100 valence electrons.